The molecule has 0 radical (unpaired) electrons. The van der Waals surface area contributed by atoms with E-state index in [9.17, 15) is 0 Å². The van der Waals surface area contributed by atoms with Crippen LogP contribution in [0.5, 0.6) is 11.5 Å². The predicted molar refractivity (Wildman–Crippen MR) is 83.7 cm³/mol. The van der Waals surface area contributed by atoms with Gasteiger partial charge in [-0.15, -0.1) is 0 Å². The first-order valence-corrected chi connectivity index (χ1v) is 7.65. The van der Waals surface area contributed by atoms with Crippen LogP contribution in [0.1, 0.15) is 16.7 Å². The van der Waals surface area contributed by atoms with Gasteiger partial charge in [0.25, 0.3) is 0 Å². The molecule has 0 atom stereocenters. The molecule has 0 aliphatic carbocycles. The van der Waals surface area contributed by atoms with Crippen LogP contribution < -0.4 is 9.47 Å². The largest absolute Gasteiger partial charge is 0.493 e. The van der Waals surface area contributed by atoms with E-state index in [1.54, 1.807) is 0 Å². The highest BCUT2D eigenvalue weighted by molar-refractivity contribution is 9.10. The lowest BCUT2D eigenvalue weighted by Gasteiger charge is -2.08. The summed E-state index contributed by atoms with van der Waals surface area (Å²) in [7, 11) is 0. The van der Waals surface area contributed by atoms with E-state index in [1.165, 1.54) is 16.7 Å². The molecule has 0 spiro atoms. The number of aryl methyl sites for hydroxylation is 1. The van der Waals surface area contributed by atoms with Gasteiger partial charge in [0.05, 0.1) is 13.2 Å². The maximum atomic E-state index is 5.81. The number of fused-ring (bicyclic) bond motifs is 1. The van der Waals surface area contributed by atoms with Crippen molar-refractivity contribution in [1.82, 2.24) is 0 Å². The molecule has 2 aromatic carbocycles. The van der Waals surface area contributed by atoms with Crippen LogP contribution in [-0.4, -0.2) is 13.2 Å². The second-order valence-electron chi connectivity index (χ2n) is 5.05. The van der Waals surface area contributed by atoms with Crippen molar-refractivity contribution >= 4 is 15.9 Å². The van der Waals surface area contributed by atoms with Crippen molar-refractivity contribution in [2.45, 2.75) is 19.8 Å². The van der Waals surface area contributed by atoms with Crippen molar-refractivity contribution in [2.24, 2.45) is 0 Å². The highest BCUT2D eigenvalue weighted by atomic mass is 79.9. The molecule has 20 heavy (non-hydrogen) atoms. The van der Waals surface area contributed by atoms with Gasteiger partial charge in [-0.25, -0.2) is 0 Å². The zero-order valence-electron chi connectivity index (χ0n) is 11.5. The number of benzene rings is 2. The molecular weight excluding hydrogens is 316 g/mol. The summed E-state index contributed by atoms with van der Waals surface area (Å²) in [5.74, 6) is 1.97. The van der Waals surface area contributed by atoms with Crippen LogP contribution in [0.25, 0.3) is 0 Å². The van der Waals surface area contributed by atoms with E-state index in [4.69, 9.17) is 9.47 Å². The van der Waals surface area contributed by atoms with Crippen molar-refractivity contribution < 1.29 is 9.47 Å². The monoisotopic (exact) mass is 332 g/mol. The summed E-state index contributed by atoms with van der Waals surface area (Å²) in [6.45, 7) is 3.58. The second-order valence-corrected chi connectivity index (χ2v) is 5.90. The van der Waals surface area contributed by atoms with Crippen molar-refractivity contribution in [3.8, 4) is 11.5 Å². The molecule has 0 aromatic heterocycles. The van der Waals surface area contributed by atoms with Gasteiger partial charge < -0.3 is 9.47 Å². The predicted octanol–water partition coefficient (Wildman–Crippen LogP) is 4.31. The number of hydrogen-bond acceptors (Lipinski definition) is 2. The molecule has 1 heterocycles. The minimum atomic E-state index is 0.695. The highest BCUT2D eigenvalue weighted by Gasteiger charge is 2.11. The molecule has 0 fully saturated rings. The minimum absolute atomic E-state index is 0.695. The van der Waals surface area contributed by atoms with Gasteiger partial charge in [0, 0.05) is 17.3 Å². The molecule has 0 unspecified atom stereocenters. The highest BCUT2D eigenvalue weighted by Crippen LogP contribution is 2.26. The Bertz CT molecular complexity index is 622. The molecular formula is C17H17BrO2. The van der Waals surface area contributed by atoms with Gasteiger partial charge in [-0.1, -0.05) is 28.1 Å². The smallest absolute Gasteiger partial charge is 0.122 e. The summed E-state index contributed by atoms with van der Waals surface area (Å²) >= 11 is 3.50. The normalized spacial score (nSPS) is 12.9. The first kappa shape index (κ1) is 13.5. The summed E-state index contributed by atoms with van der Waals surface area (Å²) in [5.41, 5.74) is 3.82. The zero-order chi connectivity index (χ0) is 13.9. The van der Waals surface area contributed by atoms with Gasteiger partial charge in [0.1, 0.15) is 11.5 Å². The first-order chi connectivity index (χ1) is 9.72. The SMILES string of the molecule is Cc1cc(OCCc2ccc3c(c2)CCO3)ccc1Br. The Kier molecular flexibility index (Phi) is 3.97. The van der Waals surface area contributed by atoms with Gasteiger partial charge in [-0.3, -0.25) is 0 Å². The van der Waals surface area contributed by atoms with Crippen LogP contribution in [-0.2, 0) is 12.8 Å². The molecule has 3 rings (SSSR count). The van der Waals surface area contributed by atoms with E-state index >= 15 is 0 Å². The Morgan fingerprint density at radius 1 is 1.20 bits per heavy atom. The first-order valence-electron chi connectivity index (χ1n) is 6.86. The molecule has 104 valence electrons. The average molecular weight is 333 g/mol. The summed E-state index contributed by atoms with van der Waals surface area (Å²) in [4.78, 5) is 0. The van der Waals surface area contributed by atoms with Crippen molar-refractivity contribution in [2.75, 3.05) is 13.2 Å². The fraction of sp³-hybridized carbons (Fsp3) is 0.294. The summed E-state index contributed by atoms with van der Waals surface area (Å²) < 4.78 is 12.4. The van der Waals surface area contributed by atoms with Crippen LogP contribution in [0, 0.1) is 6.92 Å². The van der Waals surface area contributed by atoms with E-state index in [-0.39, 0.29) is 0 Å². The number of rotatable bonds is 4. The molecule has 2 nitrogen and oxygen atoms in total. The molecule has 0 saturated carbocycles. The van der Waals surface area contributed by atoms with Crippen LogP contribution in [0.4, 0.5) is 0 Å². The lowest BCUT2D eigenvalue weighted by molar-refractivity contribution is 0.321. The molecule has 2 aromatic rings. The summed E-state index contributed by atoms with van der Waals surface area (Å²) in [6.07, 6.45) is 1.94. The molecule has 0 amide bonds. The fourth-order valence-electron chi connectivity index (χ4n) is 2.39. The Labute approximate surface area is 127 Å². The van der Waals surface area contributed by atoms with Crippen molar-refractivity contribution in [1.29, 1.82) is 0 Å². The van der Waals surface area contributed by atoms with E-state index in [0.29, 0.717) is 6.61 Å². The standard InChI is InChI=1S/C17H17BrO2/c1-12-10-15(3-4-16(12)18)19-8-6-13-2-5-17-14(11-13)7-9-20-17/h2-5,10-11H,6-9H2,1H3. The van der Waals surface area contributed by atoms with Gasteiger partial charge in [-0.2, -0.15) is 0 Å². The maximum absolute atomic E-state index is 5.81. The lowest BCUT2D eigenvalue weighted by Crippen LogP contribution is -2.01. The summed E-state index contributed by atoms with van der Waals surface area (Å²) in [5, 5.41) is 0. The Morgan fingerprint density at radius 3 is 2.95 bits per heavy atom. The Hall–Kier alpha value is -1.48. The van der Waals surface area contributed by atoms with Crippen LogP contribution >= 0.6 is 15.9 Å². The molecule has 0 bridgehead atoms. The van der Waals surface area contributed by atoms with Crippen LogP contribution in [0.15, 0.2) is 40.9 Å². The fourth-order valence-corrected chi connectivity index (χ4v) is 2.64. The van der Waals surface area contributed by atoms with Crippen LogP contribution in [0.3, 0.4) is 0 Å². The number of ether oxygens (including phenoxy) is 2. The number of hydrogen-bond donors (Lipinski definition) is 0. The molecule has 0 N–H and O–H groups in total. The van der Waals surface area contributed by atoms with Crippen molar-refractivity contribution in [3.63, 3.8) is 0 Å². The van der Waals surface area contributed by atoms with E-state index in [2.05, 4.69) is 47.1 Å². The maximum Gasteiger partial charge on any atom is 0.122 e. The van der Waals surface area contributed by atoms with Gasteiger partial charge >= 0.3 is 0 Å². The van der Waals surface area contributed by atoms with E-state index < -0.39 is 0 Å². The lowest BCUT2D eigenvalue weighted by atomic mass is 10.1. The topological polar surface area (TPSA) is 18.5 Å². The third kappa shape index (κ3) is 2.98. The average Bonchev–Trinajstić information content (AvgIpc) is 2.90. The van der Waals surface area contributed by atoms with Crippen LogP contribution in [0.2, 0.25) is 0 Å². The third-order valence-corrected chi connectivity index (χ3v) is 4.43. The van der Waals surface area contributed by atoms with Crippen molar-refractivity contribution in [3.05, 3.63) is 57.6 Å². The molecule has 0 saturated heterocycles. The Morgan fingerprint density at radius 2 is 2.10 bits per heavy atom. The number of halogens is 1. The minimum Gasteiger partial charge on any atom is -0.493 e. The van der Waals surface area contributed by atoms with Gasteiger partial charge in [0.15, 0.2) is 0 Å². The molecule has 3 heteroatoms. The Balaban J connectivity index is 1.58. The van der Waals surface area contributed by atoms with E-state index in [1.807, 2.05) is 12.1 Å². The molecule has 1 aliphatic heterocycles. The second kappa shape index (κ2) is 5.88. The third-order valence-electron chi connectivity index (χ3n) is 3.54. The van der Waals surface area contributed by atoms with Gasteiger partial charge in [-0.05, 0) is 47.9 Å². The van der Waals surface area contributed by atoms with Gasteiger partial charge in [0.2, 0.25) is 0 Å². The summed E-state index contributed by atoms with van der Waals surface area (Å²) in [6, 6.07) is 12.5. The van der Waals surface area contributed by atoms with E-state index in [0.717, 1.165) is 35.4 Å². The molecule has 1 aliphatic rings. The zero-order valence-corrected chi connectivity index (χ0v) is 13.1. The quantitative estimate of drug-likeness (QED) is 0.830.